The zero-order chi connectivity index (χ0) is 24.9. The van der Waals surface area contributed by atoms with Crippen LogP contribution in [-0.2, 0) is 4.79 Å². The van der Waals surface area contributed by atoms with Crippen molar-refractivity contribution in [3.8, 4) is 6.07 Å². The molecule has 1 aliphatic carbocycles. The molecule has 0 aromatic heterocycles. The fourth-order valence-corrected chi connectivity index (χ4v) is 3.88. The van der Waals surface area contributed by atoms with Crippen molar-refractivity contribution in [3.05, 3.63) is 58.8 Å². The SMILES string of the molecule is CC/C=C\C(=C/N=C(C)CCC)CNNC(C=N)C(=O)NC1CC(c2cc(C)ccc2C#N)C1. The van der Waals surface area contributed by atoms with E-state index in [1.807, 2.05) is 38.3 Å². The smallest absolute Gasteiger partial charge is 0.244 e. The molecule has 34 heavy (non-hydrogen) atoms. The van der Waals surface area contributed by atoms with Crippen LogP contribution in [0.5, 0.6) is 0 Å². The number of hydrogen-bond donors (Lipinski definition) is 4. The highest BCUT2D eigenvalue weighted by atomic mass is 16.2. The van der Waals surface area contributed by atoms with Gasteiger partial charge in [-0.3, -0.25) is 15.2 Å². The number of hydrazine groups is 1. The second kappa shape index (κ2) is 14.2. The zero-order valence-electron chi connectivity index (χ0n) is 20.8. The monoisotopic (exact) mass is 462 g/mol. The molecule has 1 saturated carbocycles. The van der Waals surface area contributed by atoms with Gasteiger partial charge in [0.2, 0.25) is 5.91 Å². The molecule has 0 saturated heterocycles. The van der Waals surface area contributed by atoms with Gasteiger partial charge >= 0.3 is 0 Å². The van der Waals surface area contributed by atoms with Gasteiger partial charge in [-0.15, -0.1) is 0 Å². The van der Waals surface area contributed by atoms with Crippen molar-refractivity contribution in [1.29, 1.82) is 10.7 Å². The Morgan fingerprint density at radius 2 is 2.12 bits per heavy atom. The van der Waals surface area contributed by atoms with Crippen LogP contribution in [0.2, 0.25) is 0 Å². The molecule has 1 unspecified atom stereocenters. The highest BCUT2D eigenvalue weighted by molar-refractivity contribution is 5.96. The summed E-state index contributed by atoms with van der Waals surface area (Å²) in [5.41, 5.74) is 11.0. The van der Waals surface area contributed by atoms with E-state index in [-0.39, 0.29) is 17.9 Å². The molecule has 7 heteroatoms. The summed E-state index contributed by atoms with van der Waals surface area (Å²) in [4.78, 5) is 17.2. The molecule has 0 heterocycles. The maximum atomic E-state index is 12.7. The van der Waals surface area contributed by atoms with Crippen LogP contribution in [-0.4, -0.2) is 36.5 Å². The van der Waals surface area contributed by atoms with Gasteiger partial charge in [0.1, 0.15) is 6.04 Å². The minimum atomic E-state index is -0.769. The molecule has 1 atom stereocenters. The predicted molar refractivity (Wildman–Crippen MR) is 139 cm³/mol. The molecule has 1 aromatic rings. The van der Waals surface area contributed by atoms with E-state index in [1.54, 1.807) is 0 Å². The highest BCUT2D eigenvalue weighted by Crippen LogP contribution is 2.38. The van der Waals surface area contributed by atoms with E-state index in [2.05, 4.69) is 53.2 Å². The lowest BCUT2D eigenvalue weighted by molar-refractivity contribution is -0.123. The lowest BCUT2D eigenvalue weighted by atomic mass is 9.74. The van der Waals surface area contributed by atoms with E-state index in [0.717, 1.165) is 60.7 Å². The van der Waals surface area contributed by atoms with Crippen LogP contribution in [0, 0.1) is 23.7 Å². The number of allylic oxidation sites excluding steroid dienone is 1. The van der Waals surface area contributed by atoms with Gasteiger partial charge in [-0.1, -0.05) is 50.1 Å². The Morgan fingerprint density at radius 3 is 2.76 bits per heavy atom. The third kappa shape index (κ3) is 8.36. The maximum absolute atomic E-state index is 12.7. The van der Waals surface area contributed by atoms with E-state index in [4.69, 9.17) is 5.41 Å². The van der Waals surface area contributed by atoms with Crippen LogP contribution in [0.25, 0.3) is 0 Å². The number of amides is 1. The first kappa shape index (κ1) is 27.2. The van der Waals surface area contributed by atoms with Gasteiger partial charge in [-0.05, 0) is 62.7 Å². The van der Waals surface area contributed by atoms with E-state index in [0.29, 0.717) is 12.1 Å². The fraction of sp³-hybridized carbons (Fsp3) is 0.481. The Bertz CT molecular complexity index is 966. The van der Waals surface area contributed by atoms with Crippen LogP contribution in [0.1, 0.15) is 75.5 Å². The molecular formula is C27H38N6O. The summed E-state index contributed by atoms with van der Waals surface area (Å²) in [6.07, 6.45) is 11.6. The average Bonchev–Trinajstić information content (AvgIpc) is 2.80. The summed E-state index contributed by atoms with van der Waals surface area (Å²) in [6.45, 7) is 8.73. The van der Waals surface area contributed by atoms with Crippen LogP contribution in [0.15, 0.2) is 47.1 Å². The van der Waals surface area contributed by atoms with Gasteiger partial charge < -0.3 is 10.7 Å². The Balaban J connectivity index is 1.86. The van der Waals surface area contributed by atoms with E-state index in [1.165, 1.54) is 0 Å². The normalized spacial score (nSPS) is 19.4. The van der Waals surface area contributed by atoms with Crippen LogP contribution >= 0.6 is 0 Å². The number of carbonyl (C=O) groups is 1. The summed E-state index contributed by atoms with van der Waals surface area (Å²) in [5, 5.41) is 20.1. The van der Waals surface area contributed by atoms with Gasteiger partial charge in [0, 0.05) is 30.7 Å². The molecule has 0 spiro atoms. The Kier molecular flexibility index (Phi) is 11.4. The van der Waals surface area contributed by atoms with Crippen LogP contribution in [0.4, 0.5) is 0 Å². The number of aryl methyl sites for hydroxylation is 1. The van der Waals surface area contributed by atoms with Crippen molar-refractivity contribution in [2.24, 2.45) is 4.99 Å². The average molecular weight is 463 g/mol. The number of nitriles is 1. The van der Waals surface area contributed by atoms with Crippen molar-refractivity contribution < 1.29 is 4.79 Å². The molecule has 0 aliphatic heterocycles. The predicted octanol–water partition coefficient (Wildman–Crippen LogP) is 4.45. The van der Waals surface area contributed by atoms with E-state index >= 15 is 0 Å². The molecule has 0 radical (unpaired) electrons. The number of benzene rings is 1. The number of nitrogens with zero attached hydrogens (tertiary/aromatic N) is 2. The van der Waals surface area contributed by atoms with Crippen LogP contribution in [0.3, 0.4) is 0 Å². The van der Waals surface area contributed by atoms with E-state index < -0.39 is 6.04 Å². The molecule has 7 nitrogen and oxygen atoms in total. The minimum absolute atomic E-state index is 0.0487. The second-order valence-electron chi connectivity index (χ2n) is 8.85. The number of aliphatic imine (C=N–C) groups is 1. The Morgan fingerprint density at radius 1 is 1.35 bits per heavy atom. The maximum Gasteiger partial charge on any atom is 0.244 e. The summed E-state index contributed by atoms with van der Waals surface area (Å²) in [6, 6.07) is 7.43. The largest absolute Gasteiger partial charge is 0.352 e. The van der Waals surface area contributed by atoms with Crippen molar-refractivity contribution in [2.75, 3.05) is 6.54 Å². The molecule has 182 valence electrons. The first-order chi connectivity index (χ1) is 16.4. The molecule has 1 amide bonds. The fourth-order valence-electron chi connectivity index (χ4n) is 3.88. The molecule has 1 aliphatic rings. The van der Waals surface area contributed by atoms with Crippen molar-refractivity contribution in [1.82, 2.24) is 16.2 Å². The quantitative estimate of drug-likeness (QED) is 0.197. The van der Waals surface area contributed by atoms with Crippen LogP contribution < -0.4 is 16.2 Å². The highest BCUT2D eigenvalue weighted by Gasteiger charge is 2.33. The van der Waals surface area contributed by atoms with Gasteiger partial charge in [0.25, 0.3) is 0 Å². The Labute approximate surface area is 203 Å². The topological polar surface area (TPSA) is 113 Å². The second-order valence-corrected chi connectivity index (χ2v) is 8.85. The van der Waals surface area contributed by atoms with Crippen molar-refractivity contribution in [3.63, 3.8) is 0 Å². The first-order valence-corrected chi connectivity index (χ1v) is 12.1. The zero-order valence-corrected chi connectivity index (χ0v) is 20.8. The van der Waals surface area contributed by atoms with Crippen molar-refractivity contribution in [2.45, 2.75) is 77.8 Å². The number of nitrogens with one attached hydrogen (secondary N) is 4. The lowest BCUT2D eigenvalue weighted by Gasteiger charge is -2.37. The summed E-state index contributed by atoms with van der Waals surface area (Å²) in [5.74, 6) is 0.0428. The third-order valence-corrected chi connectivity index (χ3v) is 5.88. The minimum Gasteiger partial charge on any atom is -0.352 e. The standard InChI is InChI=1S/C27H38N6O/c1-5-7-9-21(17-30-20(4)8-6-2)18-31-33-26(16-29)27(34)32-24-13-23(14-24)25-12-19(3)10-11-22(25)15-28/h7,9-12,16-17,23-24,26,29,31,33H,5-6,8,13-14,18H2,1-4H3,(H,32,34)/b9-7-,21-17+,29-16?,30-20?. The van der Waals surface area contributed by atoms with E-state index in [9.17, 15) is 10.1 Å². The summed E-state index contributed by atoms with van der Waals surface area (Å²) in [7, 11) is 0. The molecule has 0 bridgehead atoms. The molecular weight excluding hydrogens is 424 g/mol. The summed E-state index contributed by atoms with van der Waals surface area (Å²) >= 11 is 0. The molecule has 1 fully saturated rings. The number of hydrogen-bond acceptors (Lipinski definition) is 6. The Hall–Kier alpha value is -3.08. The van der Waals surface area contributed by atoms with Gasteiger partial charge in [0.05, 0.1) is 11.6 Å². The molecule has 4 N–H and O–H groups in total. The summed E-state index contributed by atoms with van der Waals surface area (Å²) < 4.78 is 0. The first-order valence-electron chi connectivity index (χ1n) is 12.1. The number of rotatable bonds is 13. The van der Waals surface area contributed by atoms with Gasteiger partial charge in [0.15, 0.2) is 0 Å². The van der Waals surface area contributed by atoms with Gasteiger partial charge in [-0.2, -0.15) is 5.26 Å². The molecule has 1 aromatic carbocycles. The van der Waals surface area contributed by atoms with Gasteiger partial charge in [-0.25, -0.2) is 5.43 Å². The molecule has 2 rings (SSSR count). The van der Waals surface area contributed by atoms with Crippen molar-refractivity contribution >= 4 is 17.8 Å². The number of carbonyl (C=O) groups excluding carboxylic acids is 1. The third-order valence-electron chi connectivity index (χ3n) is 5.88. The lowest BCUT2D eigenvalue weighted by Crippen LogP contribution is -2.55.